The third-order valence-electron chi connectivity index (χ3n) is 4.44. The number of anilines is 1. The minimum atomic E-state index is -0.0257. The fourth-order valence-corrected chi connectivity index (χ4v) is 3.46. The number of urea groups is 1. The third-order valence-corrected chi connectivity index (χ3v) is 5.17. The van der Waals surface area contributed by atoms with E-state index < -0.39 is 0 Å². The highest BCUT2D eigenvalue weighted by atomic mass is 32.2. The van der Waals surface area contributed by atoms with Gasteiger partial charge in [0, 0.05) is 30.2 Å². The molecule has 4 nitrogen and oxygen atoms in total. The van der Waals surface area contributed by atoms with Gasteiger partial charge in [0.15, 0.2) is 0 Å². The second-order valence-electron chi connectivity index (χ2n) is 6.02. The zero-order chi connectivity index (χ0) is 16.9. The van der Waals surface area contributed by atoms with Crippen molar-refractivity contribution in [1.82, 2.24) is 9.80 Å². The Bertz CT molecular complexity index is 692. The Morgan fingerprint density at radius 1 is 1.12 bits per heavy atom. The molecule has 1 fully saturated rings. The number of likely N-dealkylation sites (N-methyl/N-ethyl adjacent to an activating group) is 1. The zero-order valence-corrected chi connectivity index (χ0v) is 14.9. The van der Waals surface area contributed by atoms with E-state index >= 15 is 0 Å². The molecule has 1 aliphatic heterocycles. The molecule has 3 rings (SSSR count). The van der Waals surface area contributed by atoms with E-state index in [1.54, 1.807) is 11.8 Å². The van der Waals surface area contributed by atoms with Crippen molar-refractivity contribution >= 4 is 23.5 Å². The van der Waals surface area contributed by atoms with Gasteiger partial charge in [-0.05, 0) is 37.1 Å². The molecule has 0 radical (unpaired) electrons. The molecule has 1 saturated heterocycles. The average molecular weight is 341 g/mol. The van der Waals surface area contributed by atoms with Crippen molar-refractivity contribution in [3.05, 3.63) is 60.2 Å². The molecule has 1 aliphatic rings. The summed E-state index contributed by atoms with van der Waals surface area (Å²) >= 11 is 1.67. The Kier molecular flexibility index (Phi) is 5.43. The smallest absolute Gasteiger partial charge is 0.321 e. The van der Waals surface area contributed by atoms with Crippen LogP contribution in [0.3, 0.4) is 0 Å². The Hall–Kier alpha value is -1.98. The summed E-state index contributed by atoms with van der Waals surface area (Å²) in [6.07, 6.45) is 2.03. The highest BCUT2D eigenvalue weighted by Gasteiger charge is 2.28. The number of piperazine rings is 1. The number of amides is 2. The first kappa shape index (κ1) is 16.9. The number of nitrogens with one attached hydrogen (secondary N) is 1. The van der Waals surface area contributed by atoms with Gasteiger partial charge in [0.2, 0.25) is 0 Å². The maximum Gasteiger partial charge on any atom is 0.321 e. The summed E-state index contributed by atoms with van der Waals surface area (Å²) < 4.78 is 0. The average Bonchev–Trinajstić information content (AvgIpc) is 2.63. The Morgan fingerprint density at radius 2 is 1.92 bits per heavy atom. The Morgan fingerprint density at radius 3 is 2.67 bits per heavy atom. The van der Waals surface area contributed by atoms with Gasteiger partial charge in [-0.2, -0.15) is 0 Å². The predicted molar refractivity (Wildman–Crippen MR) is 101 cm³/mol. The molecule has 0 bridgehead atoms. The molecule has 24 heavy (non-hydrogen) atoms. The topological polar surface area (TPSA) is 35.6 Å². The predicted octanol–water partition coefficient (Wildman–Crippen LogP) is 3.93. The maximum absolute atomic E-state index is 12.6. The summed E-state index contributed by atoms with van der Waals surface area (Å²) in [5.41, 5.74) is 2.10. The van der Waals surface area contributed by atoms with Gasteiger partial charge in [-0.15, -0.1) is 11.8 Å². The number of hydrogen-bond acceptors (Lipinski definition) is 3. The number of hydrogen-bond donors (Lipinski definition) is 1. The van der Waals surface area contributed by atoms with Gasteiger partial charge in [0.1, 0.15) is 0 Å². The maximum atomic E-state index is 12.6. The van der Waals surface area contributed by atoms with Crippen LogP contribution in [-0.2, 0) is 0 Å². The van der Waals surface area contributed by atoms with E-state index in [0.29, 0.717) is 6.54 Å². The second-order valence-corrected chi connectivity index (χ2v) is 6.89. The molecular formula is C19H23N3OS. The molecule has 2 amide bonds. The van der Waals surface area contributed by atoms with Crippen molar-refractivity contribution < 1.29 is 4.79 Å². The van der Waals surface area contributed by atoms with E-state index in [1.165, 1.54) is 5.56 Å². The van der Waals surface area contributed by atoms with E-state index in [1.807, 2.05) is 41.5 Å². The first-order valence-electron chi connectivity index (χ1n) is 8.12. The minimum Gasteiger partial charge on any atom is -0.321 e. The lowest BCUT2D eigenvalue weighted by Gasteiger charge is -2.39. The molecule has 0 aromatic heterocycles. The molecule has 5 heteroatoms. The van der Waals surface area contributed by atoms with Crippen LogP contribution in [0.25, 0.3) is 0 Å². The summed E-state index contributed by atoms with van der Waals surface area (Å²) in [4.78, 5) is 18.0. The molecule has 2 aromatic carbocycles. The fourth-order valence-electron chi connectivity index (χ4n) is 3.00. The quantitative estimate of drug-likeness (QED) is 0.859. The second kappa shape index (κ2) is 7.73. The Balaban J connectivity index is 1.69. The van der Waals surface area contributed by atoms with Crippen LogP contribution in [0.1, 0.15) is 11.6 Å². The van der Waals surface area contributed by atoms with Crippen LogP contribution in [0.5, 0.6) is 0 Å². The number of carbonyl (C=O) groups excluding carboxylic acids is 1. The fraction of sp³-hybridized carbons (Fsp3) is 0.316. The minimum absolute atomic E-state index is 0.0257. The summed E-state index contributed by atoms with van der Waals surface area (Å²) in [6.45, 7) is 2.32. The van der Waals surface area contributed by atoms with E-state index in [0.717, 1.165) is 23.7 Å². The molecule has 2 aromatic rings. The summed E-state index contributed by atoms with van der Waals surface area (Å²) in [5.74, 6) is 0. The number of thioether (sulfide) groups is 1. The highest BCUT2D eigenvalue weighted by Crippen LogP contribution is 2.25. The number of benzene rings is 2. The number of rotatable bonds is 3. The molecule has 0 spiro atoms. The van der Waals surface area contributed by atoms with Gasteiger partial charge >= 0.3 is 6.03 Å². The monoisotopic (exact) mass is 341 g/mol. The molecule has 1 heterocycles. The molecule has 126 valence electrons. The van der Waals surface area contributed by atoms with Crippen molar-refractivity contribution in [2.45, 2.75) is 10.9 Å². The lowest BCUT2D eigenvalue weighted by atomic mass is 10.0. The summed E-state index contributed by atoms with van der Waals surface area (Å²) in [6, 6.07) is 18.6. The van der Waals surface area contributed by atoms with Crippen LogP contribution in [0, 0.1) is 0 Å². The van der Waals surface area contributed by atoms with Gasteiger partial charge < -0.3 is 10.2 Å². The van der Waals surface area contributed by atoms with E-state index in [9.17, 15) is 4.79 Å². The molecule has 0 saturated carbocycles. The standard InChI is InChI=1S/C19H23N3OS/c1-21-11-12-22(14-18(21)15-7-4-3-5-8-15)19(23)20-16-9-6-10-17(13-16)24-2/h3-10,13,18H,11-12,14H2,1-2H3,(H,20,23). The van der Waals surface area contributed by atoms with Crippen molar-refractivity contribution in [2.75, 3.05) is 38.3 Å². The van der Waals surface area contributed by atoms with Gasteiger partial charge in [-0.25, -0.2) is 4.79 Å². The molecule has 1 atom stereocenters. The van der Waals surface area contributed by atoms with Gasteiger partial charge in [0.05, 0.1) is 6.04 Å². The largest absolute Gasteiger partial charge is 0.321 e. The SMILES string of the molecule is CSc1cccc(NC(=O)N2CCN(C)C(c3ccccc3)C2)c1. The zero-order valence-electron chi connectivity index (χ0n) is 14.1. The van der Waals surface area contributed by atoms with Gasteiger partial charge in [-0.1, -0.05) is 36.4 Å². The lowest BCUT2D eigenvalue weighted by Crippen LogP contribution is -2.50. The van der Waals surface area contributed by atoms with Crippen LogP contribution in [-0.4, -0.2) is 48.8 Å². The van der Waals surface area contributed by atoms with Crippen LogP contribution in [0.15, 0.2) is 59.5 Å². The summed E-state index contributed by atoms with van der Waals surface area (Å²) in [7, 11) is 2.12. The normalized spacial score (nSPS) is 18.4. The van der Waals surface area contributed by atoms with Crippen molar-refractivity contribution in [2.24, 2.45) is 0 Å². The molecule has 0 aliphatic carbocycles. The summed E-state index contributed by atoms with van der Waals surface area (Å²) in [5, 5.41) is 3.03. The molecule has 1 unspecified atom stereocenters. The van der Waals surface area contributed by atoms with Crippen LogP contribution < -0.4 is 5.32 Å². The van der Waals surface area contributed by atoms with E-state index in [-0.39, 0.29) is 12.1 Å². The van der Waals surface area contributed by atoms with Crippen molar-refractivity contribution in [3.8, 4) is 0 Å². The number of carbonyl (C=O) groups is 1. The van der Waals surface area contributed by atoms with E-state index in [4.69, 9.17) is 0 Å². The van der Waals surface area contributed by atoms with E-state index in [2.05, 4.69) is 41.5 Å². The van der Waals surface area contributed by atoms with Crippen molar-refractivity contribution in [3.63, 3.8) is 0 Å². The number of nitrogens with zero attached hydrogens (tertiary/aromatic N) is 2. The van der Waals surface area contributed by atoms with Crippen LogP contribution in [0.4, 0.5) is 10.5 Å². The van der Waals surface area contributed by atoms with Crippen molar-refractivity contribution in [1.29, 1.82) is 0 Å². The van der Waals surface area contributed by atoms with Gasteiger partial charge in [-0.3, -0.25) is 4.90 Å². The third kappa shape index (κ3) is 3.91. The van der Waals surface area contributed by atoms with Crippen LogP contribution in [0.2, 0.25) is 0 Å². The first-order valence-corrected chi connectivity index (χ1v) is 9.35. The molecule has 1 N–H and O–H groups in total. The highest BCUT2D eigenvalue weighted by molar-refractivity contribution is 7.98. The van der Waals surface area contributed by atoms with Gasteiger partial charge in [0.25, 0.3) is 0 Å². The Labute approximate surface area is 147 Å². The van der Waals surface area contributed by atoms with Crippen LogP contribution >= 0.6 is 11.8 Å². The lowest BCUT2D eigenvalue weighted by molar-refractivity contribution is 0.116. The first-order chi connectivity index (χ1) is 11.7. The molecular weight excluding hydrogens is 318 g/mol.